The van der Waals surface area contributed by atoms with Crippen LogP contribution in [-0.4, -0.2) is 31.7 Å². The summed E-state index contributed by atoms with van der Waals surface area (Å²) in [5.74, 6) is 0.103. The molecule has 1 amide bonds. The number of H-pyrrole nitrogens is 1. The molecule has 0 bridgehead atoms. The highest BCUT2D eigenvalue weighted by molar-refractivity contribution is 5.94. The number of nitrogens with two attached hydrogens (primary N) is 1. The predicted molar refractivity (Wildman–Crippen MR) is 79.6 cm³/mol. The standard InChI is InChI=1S/C14H16N6O/c1-20-14(17-8-18-20)19-13(21)11(15)6-9-7-16-12-5-3-2-4-10(9)12/h2-5,7-8,11,16H,6,15H2,1H3,(H,17,18,19,21)/t11-/m0/s1. The van der Waals surface area contributed by atoms with Gasteiger partial charge in [0.15, 0.2) is 0 Å². The number of amides is 1. The van der Waals surface area contributed by atoms with Crippen LogP contribution in [0.3, 0.4) is 0 Å². The Morgan fingerprint density at radius 1 is 1.48 bits per heavy atom. The maximum atomic E-state index is 12.1. The average molecular weight is 284 g/mol. The largest absolute Gasteiger partial charge is 0.361 e. The number of rotatable bonds is 4. The molecule has 0 spiro atoms. The number of benzene rings is 1. The Labute approximate surface area is 121 Å². The van der Waals surface area contributed by atoms with E-state index in [0.29, 0.717) is 12.4 Å². The first kappa shape index (κ1) is 13.3. The Balaban J connectivity index is 1.72. The molecular weight excluding hydrogens is 268 g/mol. The summed E-state index contributed by atoms with van der Waals surface area (Å²) in [5, 5.41) is 7.64. The van der Waals surface area contributed by atoms with E-state index < -0.39 is 6.04 Å². The van der Waals surface area contributed by atoms with Crippen LogP contribution < -0.4 is 11.1 Å². The summed E-state index contributed by atoms with van der Waals surface area (Å²) in [6.07, 6.45) is 3.72. The molecule has 0 saturated carbocycles. The topological polar surface area (TPSA) is 102 Å². The number of hydrogen-bond acceptors (Lipinski definition) is 4. The Kier molecular flexibility index (Phi) is 3.41. The maximum Gasteiger partial charge on any atom is 0.243 e. The van der Waals surface area contributed by atoms with Gasteiger partial charge >= 0.3 is 0 Å². The van der Waals surface area contributed by atoms with Gasteiger partial charge in [-0.1, -0.05) is 18.2 Å². The lowest BCUT2D eigenvalue weighted by Gasteiger charge is -2.11. The minimum Gasteiger partial charge on any atom is -0.361 e. The number of para-hydroxylation sites is 1. The smallest absolute Gasteiger partial charge is 0.243 e. The first-order chi connectivity index (χ1) is 10.1. The van der Waals surface area contributed by atoms with Gasteiger partial charge in [0.25, 0.3) is 0 Å². The number of nitrogens with zero attached hydrogens (tertiary/aromatic N) is 3. The van der Waals surface area contributed by atoms with Gasteiger partial charge in [-0.25, -0.2) is 4.68 Å². The van der Waals surface area contributed by atoms with E-state index >= 15 is 0 Å². The summed E-state index contributed by atoms with van der Waals surface area (Å²) in [6, 6.07) is 7.27. The second-order valence-corrected chi connectivity index (χ2v) is 4.87. The normalized spacial score (nSPS) is 12.5. The van der Waals surface area contributed by atoms with Gasteiger partial charge in [0, 0.05) is 24.1 Å². The molecule has 0 aliphatic rings. The minimum atomic E-state index is -0.652. The van der Waals surface area contributed by atoms with E-state index in [1.807, 2.05) is 30.5 Å². The molecule has 0 aliphatic heterocycles. The lowest BCUT2D eigenvalue weighted by Crippen LogP contribution is -2.38. The monoisotopic (exact) mass is 284 g/mol. The molecule has 3 aromatic rings. The number of nitrogens with one attached hydrogen (secondary N) is 2. The van der Waals surface area contributed by atoms with Crippen molar-refractivity contribution in [1.82, 2.24) is 19.7 Å². The Morgan fingerprint density at radius 3 is 3.05 bits per heavy atom. The number of hydrogen-bond donors (Lipinski definition) is 3. The second-order valence-electron chi connectivity index (χ2n) is 4.87. The molecule has 0 radical (unpaired) electrons. The molecule has 2 aromatic heterocycles. The molecule has 2 heterocycles. The van der Waals surface area contributed by atoms with E-state index in [-0.39, 0.29) is 5.91 Å². The molecule has 3 rings (SSSR count). The van der Waals surface area contributed by atoms with Gasteiger partial charge in [0.05, 0.1) is 6.04 Å². The Hall–Kier alpha value is -2.67. The molecule has 0 fully saturated rings. The van der Waals surface area contributed by atoms with Crippen LogP contribution in [0.15, 0.2) is 36.8 Å². The second kappa shape index (κ2) is 5.37. The molecule has 21 heavy (non-hydrogen) atoms. The third-order valence-electron chi connectivity index (χ3n) is 3.40. The molecule has 0 aliphatic carbocycles. The van der Waals surface area contributed by atoms with Crippen LogP contribution in [0.2, 0.25) is 0 Å². The summed E-state index contributed by atoms with van der Waals surface area (Å²) in [4.78, 5) is 19.2. The predicted octanol–water partition coefficient (Wildman–Crippen LogP) is 0.805. The molecular formula is C14H16N6O. The van der Waals surface area contributed by atoms with E-state index in [9.17, 15) is 4.79 Å². The molecule has 7 nitrogen and oxygen atoms in total. The Morgan fingerprint density at radius 2 is 2.29 bits per heavy atom. The third-order valence-corrected chi connectivity index (χ3v) is 3.40. The number of fused-ring (bicyclic) bond motifs is 1. The zero-order valence-electron chi connectivity index (χ0n) is 11.6. The molecule has 0 unspecified atom stereocenters. The Bertz CT molecular complexity index is 774. The van der Waals surface area contributed by atoms with E-state index in [0.717, 1.165) is 16.5 Å². The van der Waals surface area contributed by atoms with E-state index in [4.69, 9.17) is 5.73 Å². The van der Waals surface area contributed by atoms with Crippen LogP contribution in [0.5, 0.6) is 0 Å². The van der Waals surface area contributed by atoms with E-state index in [1.165, 1.54) is 11.0 Å². The number of aromatic amines is 1. The number of carbonyl (C=O) groups excluding carboxylic acids is 1. The fraction of sp³-hybridized carbons (Fsp3) is 0.214. The van der Waals surface area contributed by atoms with Gasteiger partial charge in [-0.15, -0.1) is 0 Å². The fourth-order valence-electron chi connectivity index (χ4n) is 2.24. The van der Waals surface area contributed by atoms with Gasteiger partial charge in [0.1, 0.15) is 6.33 Å². The van der Waals surface area contributed by atoms with Crippen molar-refractivity contribution in [2.24, 2.45) is 12.8 Å². The van der Waals surface area contributed by atoms with Crippen molar-refractivity contribution >= 4 is 22.8 Å². The van der Waals surface area contributed by atoms with Gasteiger partial charge < -0.3 is 10.7 Å². The first-order valence-corrected chi connectivity index (χ1v) is 6.60. The lowest BCUT2D eigenvalue weighted by molar-refractivity contribution is -0.117. The first-order valence-electron chi connectivity index (χ1n) is 6.60. The van der Waals surface area contributed by atoms with Crippen LogP contribution in [-0.2, 0) is 18.3 Å². The number of carbonyl (C=O) groups is 1. The van der Waals surface area contributed by atoms with Crippen molar-refractivity contribution in [1.29, 1.82) is 0 Å². The van der Waals surface area contributed by atoms with Gasteiger partial charge in [-0.3, -0.25) is 10.1 Å². The summed E-state index contributed by atoms with van der Waals surface area (Å²) in [7, 11) is 1.70. The maximum absolute atomic E-state index is 12.1. The minimum absolute atomic E-state index is 0.281. The van der Waals surface area contributed by atoms with Crippen molar-refractivity contribution in [2.45, 2.75) is 12.5 Å². The van der Waals surface area contributed by atoms with Crippen LogP contribution in [0.1, 0.15) is 5.56 Å². The van der Waals surface area contributed by atoms with E-state index in [1.54, 1.807) is 7.05 Å². The summed E-state index contributed by atoms with van der Waals surface area (Å²) in [5.41, 5.74) is 8.04. The van der Waals surface area contributed by atoms with Crippen molar-refractivity contribution in [3.05, 3.63) is 42.4 Å². The summed E-state index contributed by atoms with van der Waals surface area (Å²) < 4.78 is 1.48. The zero-order valence-corrected chi connectivity index (χ0v) is 11.6. The number of aryl methyl sites for hydroxylation is 1. The highest BCUT2D eigenvalue weighted by Crippen LogP contribution is 2.18. The fourth-order valence-corrected chi connectivity index (χ4v) is 2.24. The third kappa shape index (κ3) is 2.63. The summed E-state index contributed by atoms with van der Waals surface area (Å²) >= 11 is 0. The van der Waals surface area contributed by atoms with E-state index in [2.05, 4.69) is 20.4 Å². The summed E-state index contributed by atoms with van der Waals surface area (Å²) in [6.45, 7) is 0. The quantitative estimate of drug-likeness (QED) is 0.659. The van der Waals surface area contributed by atoms with Gasteiger partial charge in [0.2, 0.25) is 11.9 Å². The highest BCUT2D eigenvalue weighted by Gasteiger charge is 2.17. The molecule has 0 saturated heterocycles. The van der Waals surface area contributed by atoms with Crippen LogP contribution in [0.4, 0.5) is 5.95 Å². The van der Waals surface area contributed by atoms with Gasteiger partial charge in [-0.2, -0.15) is 10.1 Å². The average Bonchev–Trinajstić information content (AvgIpc) is 3.07. The molecule has 4 N–H and O–H groups in total. The van der Waals surface area contributed by atoms with Crippen molar-refractivity contribution < 1.29 is 4.79 Å². The van der Waals surface area contributed by atoms with Crippen LogP contribution in [0, 0.1) is 0 Å². The van der Waals surface area contributed by atoms with Crippen LogP contribution in [0.25, 0.3) is 10.9 Å². The molecule has 7 heteroatoms. The van der Waals surface area contributed by atoms with Crippen molar-refractivity contribution in [2.75, 3.05) is 5.32 Å². The number of anilines is 1. The molecule has 1 atom stereocenters. The number of aromatic nitrogens is 4. The highest BCUT2D eigenvalue weighted by atomic mass is 16.2. The SMILES string of the molecule is Cn1ncnc1NC(=O)[C@@H](N)Cc1c[nH]c2ccccc12. The van der Waals surface area contributed by atoms with Crippen LogP contribution >= 0.6 is 0 Å². The van der Waals surface area contributed by atoms with Gasteiger partial charge in [-0.05, 0) is 18.1 Å². The molecule has 108 valence electrons. The lowest BCUT2D eigenvalue weighted by atomic mass is 10.1. The zero-order chi connectivity index (χ0) is 14.8. The molecule has 1 aromatic carbocycles. The van der Waals surface area contributed by atoms with Crippen molar-refractivity contribution in [3.8, 4) is 0 Å². The van der Waals surface area contributed by atoms with Crippen molar-refractivity contribution in [3.63, 3.8) is 0 Å².